The lowest BCUT2D eigenvalue weighted by molar-refractivity contribution is -0.156. The van der Waals surface area contributed by atoms with Crippen LogP contribution in [0.2, 0.25) is 0 Å². The van der Waals surface area contributed by atoms with Gasteiger partial charge in [0.05, 0.1) is 25.5 Å². The molecule has 1 N–H and O–H groups in total. The summed E-state index contributed by atoms with van der Waals surface area (Å²) < 4.78 is 11.0. The summed E-state index contributed by atoms with van der Waals surface area (Å²) in [5, 5.41) is 2.78. The number of nitrogens with zero attached hydrogens (tertiary/aromatic N) is 2. The van der Waals surface area contributed by atoms with Crippen LogP contribution < -0.4 is 5.32 Å². The Balaban J connectivity index is 1.39. The number of piperazine rings is 2. The number of nitrogens with one attached hydrogen (secondary N) is 1. The molecule has 29 heavy (non-hydrogen) atoms. The largest absolute Gasteiger partial charge is 0.459 e. The fourth-order valence-corrected chi connectivity index (χ4v) is 3.72. The van der Waals surface area contributed by atoms with Crippen LogP contribution in [0.3, 0.4) is 0 Å². The van der Waals surface area contributed by atoms with E-state index in [1.165, 1.54) is 6.26 Å². The highest BCUT2D eigenvalue weighted by Gasteiger charge is 2.46. The van der Waals surface area contributed by atoms with Gasteiger partial charge in [0.15, 0.2) is 5.76 Å². The number of carbonyl (C=O) groups excluding carboxylic acids is 3. The smallest absolute Gasteiger partial charge is 0.289 e. The molecule has 2 fully saturated rings. The van der Waals surface area contributed by atoms with Crippen LogP contribution in [0.4, 0.5) is 0 Å². The second-order valence-corrected chi connectivity index (χ2v) is 7.26. The molecule has 0 radical (unpaired) electrons. The zero-order chi connectivity index (χ0) is 20.4. The van der Waals surface area contributed by atoms with Gasteiger partial charge in [0, 0.05) is 13.1 Å². The Morgan fingerprint density at radius 1 is 1.21 bits per heavy atom. The molecular weight excluding hydrogens is 374 g/mol. The first-order chi connectivity index (χ1) is 14.0. The van der Waals surface area contributed by atoms with Crippen LogP contribution in [-0.4, -0.2) is 65.3 Å². The second-order valence-electron chi connectivity index (χ2n) is 7.26. The average Bonchev–Trinajstić information content (AvgIpc) is 3.29. The molecule has 4 rings (SSSR count). The van der Waals surface area contributed by atoms with Gasteiger partial charge in [-0.15, -0.1) is 0 Å². The molecule has 3 atom stereocenters. The molecule has 0 bridgehead atoms. The summed E-state index contributed by atoms with van der Waals surface area (Å²) in [6, 6.07) is 11.4. The van der Waals surface area contributed by atoms with E-state index in [9.17, 15) is 14.4 Å². The lowest BCUT2D eigenvalue weighted by Crippen LogP contribution is -2.71. The normalized spacial score (nSPS) is 22.8. The number of carbonyl (C=O) groups is 3. The summed E-state index contributed by atoms with van der Waals surface area (Å²) >= 11 is 0. The van der Waals surface area contributed by atoms with Gasteiger partial charge >= 0.3 is 0 Å². The van der Waals surface area contributed by atoms with Crippen molar-refractivity contribution in [3.05, 3.63) is 60.1 Å². The molecule has 152 valence electrons. The van der Waals surface area contributed by atoms with Gasteiger partial charge in [-0.3, -0.25) is 14.4 Å². The zero-order valence-corrected chi connectivity index (χ0v) is 16.1. The minimum atomic E-state index is -0.741. The molecule has 3 amide bonds. The van der Waals surface area contributed by atoms with Crippen molar-refractivity contribution in [2.24, 2.45) is 0 Å². The Bertz CT molecular complexity index is 883. The molecule has 0 unspecified atom stereocenters. The van der Waals surface area contributed by atoms with Gasteiger partial charge in [0.1, 0.15) is 12.1 Å². The second kappa shape index (κ2) is 8.08. The quantitative estimate of drug-likeness (QED) is 0.814. The van der Waals surface area contributed by atoms with Crippen molar-refractivity contribution >= 4 is 17.7 Å². The molecule has 2 aromatic rings. The minimum Gasteiger partial charge on any atom is -0.459 e. The molecule has 8 nitrogen and oxygen atoms in total. The maximum absolute atomic E-state index is 13.0. The van der Waals surface area contributed by atoms with Crippen molar-refractivity contribution in [2.75, 3.05) is 19.6 Å². The van der Waals surface area contributed by atoms with E-state index in [2.05, 4.69) is 5.32 Å². The summed E-state index contributed by atoms with van der Waals surface area (Å²) in [6.07, 6.45) is 0.956. The van der Waals surface area contributed by atoms with Crippen molar-refractivity contribution in [3.8, 4) is 0 Å². The van der Waals surface area contributed by atoms with E-state index < -0.39 is 18.2 Å². The third kappa shape index (κ3) is 3.88. The standard InChI is InChI=1S/C21H23N3O5/c1-14(29-13-15-6-3-2-4-7-15)18-21(27)24-10-9-23(12-16(24)19(25)22-18)20(26)17-8-5-11-28-17/h2-8,11,14,16,18H,9-10,12-13H2,1H3,(H,22,25)/t14-,16+,18-/m0/s1. The van der Waals surface area contributed by atoms with Crippen molar-refractivity contribution < 1.29 is 23.5 Å². The van der Waals surface area contributed by atoms with Crippen LogP contribution in [0.5, 0.6) is 0 Å². The first-order valence-electron chi connectivity index (χ1n) is 9.64. The number of ether oxygens (including phenoxy) is 1. The first-order valence-corrected chi connectivity index (χ1v) is 9.64. The van der Waals surface area contributed by atoms with Crippen LogP contribution in [0.15, 0.2) is 53.1 Å². The lowest BCUT2D eigenvalue weighted by Gasteiger charge is -2.45. The Labute approximate surface area is 168 Å². The van der Waals surface area contributed by atoms with Gasteiger partial charge in [0.2, 0.25) is 11.8 Å². The van der Waals surface area contributed by atoms with Crippen LogP contribution in [0.25, 0.3) is 0 Å². The van der Waals surface area contributed by atoms with Crippen molar-refractivity contribution in [3.63, 3.8) is 0 Å². The van der Waals surface area contributed by atoms with Crippen LogP contribution >= 0.6 is 0 Å². The number of amides is 3. The monoisotopic (exact) mass is 397 g/mol. The van der Waals surface area contributed by atoms with Gasteiger partial charge in [-0.25, -0.2) is 0 Å². The lowest BCUT2D eigenvalue weighted by atomic mass is 10.0. The number of benzene rings is 1. The molecule has 0 spiro atoms. The van der Waals surface area contributed by atoms with Crippen molar-refractivity contribution in [1.82, 2.24) is 15.1 Å². The van der Waals surface area contributed by atoms with Crippen molar-refractivity contribution in [1.29, 1.82) is 0 Å². The van der Waals surface area contributed by atoms with E-state index in [0.29, 0.717) is 19.7 Å². The maximum Gasteiger partial charge on any atom is 0.289 e. The summed E-state index contributed by atoms with van der Waals surface area (Å²) in [6.45, 7) is 2.93. The van der Waals surface area contributed by atoms with Gasteiger partial charge in [0.25, 0.3) is 5.91 Å². The molecule has 2 aliphatic heterocycles. The molecular formula is C21H23N3O5. The van der Waals surface area contributed by atoms with Crippen LogP contribution in [0.1, 0.15) is 23.0 Å². The number of hydrogen-bond donors (Lipinski definition) is 1. The number of hydrogen-bond acceptors (Lipinski definition) is 5. The predicted octanol–water partition coefficient (Wildman–Crippen LogP) is 1.04. The van der Waals surface area contributed by atoms with E-state index in [1.54, 1.807) is 28.9 Å². The van der Waals surface area contributed by atoms with E-state index >= 15 is 0 Å². The van der Waals surface area contributed by atoms with Gasteiger partial charge in [-0.1, -0.05) is 30.3 Å². The van der Waals surface area contributed by atoms with E-state index in [1.807, 2.05) is 30.3 Å². The molecule has 1 aromatic heterocycles. The Hall–Kier alpha value is -3.13. The highest BCUT2D eigenvalue weighted by molar-refractivity contribution is 5.99. The summed E-state index contributed by atoms with van der Waals surface area (Å²) in [5.41, 5.74) is 0.997. The third-order valence-electron chi connectivity index (χ3n) is 5.37. The van der Waals surface area contributed by atoms with Gasteiger partial charge in [-0.2, -0.15) is 0 Å². The Morgan fingerprint density at radius 3 is 2.72 bits per heavy atom. The van der Waals surface area contributed by atoms with E-state index in [0.717, 1.165) is 5.56 Å². The van der Waals surface area contributed by atoms with Gasteiger partial charge in [-0.05, 0) is 24.6 Å². The number of rotatable bonds is 5. The van der Waals surface area contributed by atoms with E-state index in [4.69, 9.17) is 9.15 Å². The number of furan rings is 1. The maximum atomic E-state index is 13.0. The summed E-state index contributed by atoms with van der Waals surface area (Å²) in [4.78, 5) is 41.3. The molecule has 2 saturated heterocycles. The molecule has 3 heterocycles. The summed E-state index contributed by atoms with van der Waals surface area (Å²) in [5.74, 6) is -0.514. The average molecular weight is 397 g/mol. The van der Waals surface area contributed by atoms with Crippen LogP contribution in [0, 0.1) is 0 Å². The van der Waals surface area contributed by atoms with Crippen molar-refractivity contribution in [2.45, 2.75) is 31.7 Å². The highest BCUT2D eigenvalue weighted by Crippen LogP contribution is 2.20. The summed E-state index contributed by atoms with van der Waals surface area (Å²) in [7, 11) is 0. The number of fused-ring (bicyclic) bond motifs is 1. The molecule has 2 aliphatic rings. The Kier molecular flexibility index (Phi) is 5.35. The fraction of sp³-hybridized carbons (Fsp3) is 0.381. The first kappa shape index (κ1) is 19.2. The minimum absolute atomic E-state index is 0.142. The topological polar surface area (TPSA) is 92.1 Å². The predicted molar refractivity (Wildman–Crippen MR) is 103 cm³/mol. The molecule has 1 aromatic carbocycles. The molecule has 8 heteroatoms. The molecule has 0 saturated carbocycles. The van der Waals surface area contributed by atoms with E-state index in [-0.39, 0.29) is 30.0 Å². The fourth-order valence-electron chi connectivity index (χ4n) is 3.72. The van der Waals surface area contributed by atoms with Crippen LogP contribution in [-0.2, 0) is 20.9 Å². The molecule has 0 aliphatic carbocycles. The third-order valence-corrected chi connectivity index (χ3v) is 5.37. The highest BCUT2D eigenvalue weighted by atomic mass is 16.5. The SMILES string of the molecule is C[C@H](OCc1ccccc1)[C@@H]1NC(=O)[C@H]2CN(C(=O)c3ccco3)CCN2C1=O. The zero-order valence-electron chi connectivity index (χ0n) is 16.1. The van der Waals surface area contributed by atoms with Gasteiger partial charge < -0.3 is 24.3 Å². The Morgan fingerprint density at radius 2 is 2.00 bits per heavy atom.